The SMILES string of the molecule is CO[C@H](C)[C@H](N)C(=O)C1C(=O)c2ccc(C(=O)c3ccc4c(c3)C(=O)C(C(=O)[C@@H](N)[C@@H](C)OC)C4=O)cc2C1=O. The molecule has 0 aromatic heterocycles. The van der Waals surface area contributed by atoms with Crippen LogP contribution in [0.4, 0.5) is 0 Å². The van der Waals surface area contributed by atoms with E-state index < -0.39 is 76.6 Å². The molecule has 2 aromatic rings. The number of benzene rings is 2. The van der Waals surface area contributed by atoms with Gasteiger partial charge in [-0.1, -0.05) is 12.1 Å². The molecule has 40 heavy (non-hydrogen) atoms. The third-order valence-electron chi connectivity index (χ3n) is 7.66. The Hall–Kier alpha value is -4.03. The van der Waals surface area contributed by atoms with Gasteiger partial charge in [-0.05, 0) is 38.1 Å². The summed E-state index contributed by atoms with van der Waals surface area (Å²) in [5.74, 6) is -8.37. The van der Waals surface area contributed by atoms with E-state index >= 15 is 0 Å². The number of carbonyl (C=O) groups excluding carboxylic acids is 7. The predicted molar refractivity (Wildman–Crippen MR) is 140 cm³/mol. The molecule has 2 aromatic carbocycles. The molecule has 11 heteroatoms. The van der Waals surface area contributed by atoms with E-state index in [1.807, 2.05) is 0 Å². The Morgan fingerprint density at radius 3 is 1.27 bits per heavy atom. The zero-order valence-electron chi connectivity index (χ0n) is 22.3. The Morgan fingerprint density at radius 1 is 0.625 bits per heavy atom. The van der Waals surface area contributed by atoms with E-state index in [0.717, 1.165) is 0 Å². The van der Waals surface area contributed by atoms with Crippen molar-refractivity contribution in [1.82, 2.24) is 0 Å². The van der Waals surface area contributed by atoms with Gasteiger partial charge in [0.2, 0.25) is 0 Å². The fraction of sp³-hybridized carbons (Fsp3) is 0.345. The summed E-state index contributed by atoms with van der Waals surface area (Å²) in [6, 6.07) is 5.26. The topological polar surface area (TPSA) is 190 Å². The van der Waals surface area contributed by atoms with Gasteiger partial charge in [-0.2, -0.15) is 0 Å². The normalized spacial score (nSPS) is 21.1. The van der Waals surface area contributed by atoms with E-state index in [2.05, 4.69) is 0 Å². The summed E-state index contributed by atoms with van der Waals surface area (Å²) in [6.45, 7) is 3.08. The fourth-order valence-corrected chi connectivity index (χ4v) is 4.89. The summed E-state index contributed by atoms with van der Waals surface area (Å²) in [5, 5.41) is 0. The minimum atomic E-state index is -1.63. The van der Waals surface area contributed by atoms with Gasteiger partial charge in [0.15, 0.2) is 40.5 Å². The standard InChI is InChI=1S/C29H28N2O9/c1-11(39-3)21(30)28(37)19-24(33)15-7-5-13(9-17(15)26(19)35)23(32)14-6-8-16-18(10-14)27(36)20(25(16)34)29(38)22(31)12(2)40-4/h5-12,19-22H,30-31H2,1-4H3/t11-,12-,19?,20?,21+,22+/m1/s1. The first-order valence-corrected chi connectivity index (χ1v) is 12.5. The van der Waals surface area contributed by atoms with Gasteiger partial charge in [-0.25, -0.2) is 0 Å². The van der Waals surface area contributed by atoms with Crippen molar-refractivity contribution in [3.05, 3.63) is 69.8 Å². The molecule has 0 amide bonds. The van der Waals surface area contributed by atoms with E-state index in [1.54, 1.807) is 0 Å². The molecule has 4 rings (SSSR count). The Kier molecular flexibility index (Phi) is 7.86. The van der Waals surface area contributed by atoms with Crippen molar-refractivity contribution < 1.29 is 43.0 Å². The summed E-state index contributed by atoms with van der Waals surface area (Å²) in [6.07, 6.45) is -1.45. The van der Waals surface area contributed by atoms with Crippen LogP contribution in [0.1, 0.15) is 71.2 Å². The molecular formula is C29H28N2O9. The molecule has 2 aliphatic rings. The van der Waals surface area contributed by atoms with Gasteiger partial charge in [0.1, 0.15) is 11.8 Å². The summed E-state index contributed by atoms with van der Waals surface area (Å²) in [5.41, 5.74) is 11.6. The van der Waals surface area contributed by atoms with Gasteiger partial charge in [0.05, 0.1) is 24.3 Å². The maximum absolute atomic E-state index is 13.3. The van der Waals surface area contributed by atoms with Crippen LogP contribution in [0.5, 0.6) is 0 Å². The van der Waals surface area contributed by atoms with Gasteiger partial charge in [-0.3, -0.25) is 33.6 Å². The number of fused-ring (bicyclic) bond motifs is 2. The minimum absolute atomic E-state index is 0.00474. The molecule has 4 N–H and O–H groups in total. The van der Waals surface area contributed by atoms with Crippen molar-refractivity contribution in [3.63, 3.8) is 0 Å². The van der Waals surface area contributed by atoms with Crippen LogP contribution in [-0.4, -0.2) is 79.0 Å². The minimum Gasteiger partial charge on any atom is -0.380 e. The Balaban J connectivity index is 1.61. The highest BCUT2D eigenvalue weighted by molar-refractivity contribution is 6.37. The maximum Gasteiger partial charge on any atom is 0.193 e. The smallest absolute Gasteiger partial charge is 0.193 e. The van der Waals surface area contributed by atoms with E-state index in [9.17, 15) is 33.6 Å². The van der Waals surface area contributed by atoms with Gasteiger partial charge in [-0.15, -0.1) is 0 Å². The lowest BCUT2D eigenvalue weighted by Gasteiger charge is -2.19. The Morgan fingerprint density at radius 2 is 0.950 bits per heavy atom. The van der Waals surface area contributed by atoms with Crippen LogP contribution < -0.4 is 11.5 Å². The number of nitrogens with two attached hydrogens (primary N) is 2. The average Bonchev–Trinajstić information content (AvgIpc) is 3.37. The number of rotatable bonds is 10. The molecule has 0 saturated carbocycles. The summed E-state index contributed by atoms with van der Waals surface area (Å²) in [4.78, 5) is 90.8. The van der Waals surface area contributed by atoms with Crippen molar-refractivity contribution in [2.24, 2.45) is 23.3 Å². The molecular weight excluding hydrogens is 520 g/mol. The molecule has 0 aliphatic heterocycles. The molecule has 208 valence electrons. The highest BCUT2D eigenvalue weighted by Gasteiger charge is 2.47. The molecule has 0 radical (unpaired) electrons. The average molecular weight is 549 g/mol. The monoisotopic (exact) mass is 548 g/mol. The van der Waals surface area contributed by atoms with E-state index in [0.29, 0.717) is 0 Å². The van der Waals surface area contributed by atoms with Crippen LogP contribution in [-0.2, 0) is 19.1 Å². The molecule has 6 atom stereocenters. The number of Topliss-reactive ketones (excluding diaryl/α,β-unsaturated/α-hetero) is 6. The number of hydrogen-bond donors (Lipinski definition) is 2. The third kappa shape index (κ3) is 4.56. The largest absolute Gasteiger partial charge is 0.380 e. The molecule has 2 unspecified atom stereocenters. The van der Waals surface area contributed by atoms with Crippen LogP contribution in [0.15, 0.2) is 36.4 Å². The van der Waals surface area contributed by atoms with Crippen LogP contribution in [0.25, 0.3) is 0 Å². The lowest BCUT2D eigenvalue weighted by molar-refractivity contribution is -0.125. The summed E-state index contributed by atoms with van der Waals surface area (Å²) < 4.78 is 10.1. The van der Waals surface area contributed by atoms with Gasteiger partial charge in [0, 0.05) is 47.6 Å². The lowest BCUT2D eigenvalue weighted by Crippen LogP contribution is -2.47. The van der Waals surface area contributed by atoms with Crippen LogP contribution >= 0.6 is 0 Å². The van der Waals surface area contributed by atoms with Crippen molar-refractivity contribution in [3.8, 4) is 0 Å². The molecule has 11 nitrogen and oxygen atoms in total. The van der Waals surface area contributed by atoms with Gasteiger partial charge in [0.25, 0.3) is 0 Å². The van der Waals surface area contributed by atoms with Gasteiger partial charge >= 0.3 is 0 Å². The molecule has 0 bridgehead atoms. The first-order valence-electron chi connectivity index (χ1n) is 12.5. The number of ether oxygens (including phenoxy) is 2. The summed E-state index contributed by atoms with van der Waals surface area (Å²) >= 11 is 0. The second kappa shape index (κ2) is 10.9. The molecule has 0 spiro atoms. The number of hydrogen-bond acceptors (Lipinski definition) is 11. The first-order chi connectivity index (χ1) is 18.8. The molecule has 0 fully saturated rings. The zero-order valence-corrected chi connectivity index (χ0v) is 22.3. The highest BCUT2D eigenvalue weighted by atomic mass is 16.5. The number of methoxy groups -OCH3 is 2. The number of carbonyl (C=O) groups is 7. The van der Waals surface area contributed by atoms with Crippen molar-refractivity contribution in [2.75, 3.05) is 14.2 Å². The van der Waals surface area contributed by atoms with Crippen molar-refractivity contribution in [2.45, 2.75) is 38.1 Å². The predicted octanol–water partition coefficient (Wildman–Crippen LogP) is 0.771. The zero-order chi connectivity index (χ0) is 29.6. The molecule has 0 heterocycles. The lowest BCUT2D eigenvalue weighted by atomic mass is 9.91. The van der Waals surface area contributed by atoms with Crippen LogP contribution in [0.3, 0.4) is 0 Å². The Bertz CT molecular complexity index is 1380. The quantitative estimate of drug-likeness (QED) is 0.315. The second-order valence-corrected chi connectivity index (χ2v) is 9.91. The van der Waals surface area contributed by atoms with Crippen molar-refractivity contribution >= 4 is 40.5 Å². The molecule has 2 aliphatic carbocycles. The van der Waals surface area contributed by atoms with Crippen LogP contribution in [0, 0.1) is 11.8 Å². The van der Waals surface area contributed by atoms with E-state index in [4.69, 9.17) is 20.9 Å². The third-order valence-corrected chi connectivity index (χ3v) is 7.66. The van der Waals surface area contributed by atoms with Gasteiger partial charge < -0.3 is 20.9 Å². The summed E-state index contributed by atoms with van der Waals surface area (Å²) in [7, 11) is 2.69. The number of ketones is 7. The maximum atomic E-state index is 13.3. The highest BCUT2D eigenvalue weighted by Crippen LogP contribution is 2.32. The Labute approximate surface area is 229 Å². The van der Waals surface area contributed by atoms with Crippen LogP contribution in [0.2, 0.25) is 0 Å². The first kappa shape index (κ1) is 29.0. The van der Waals surface area contributed by atoms with E-state index in [-0.39, 0.29) is 33.4 Å². The van der Waals surface area contributed by atoms with Crippen molar-refractivity contribution in [1.29, 1.82) is 0 Å². The van der Waals surface area contributed by atoms with E-state index in [1.165, 1.54) is 64.5 Å². The molecule has 0 saturated heterocycles. The second-order valence-electron chi connectivity index (χ2n) is 9.91. The fourth-order valence-electron chi connectivity index (χ4n) is 4.89.